The summed E-state index contributed by atoms with van der Waals surface area (Å²) in [5.74, 6) is 6.86. The molecule has 1 amide bonds. The van der Waals surface area contributed by atoms with Gasteiger partial charge in [-0.2, -0.15) is 15.0 Å². The third-order valence-corrected chi connectivity index (χ3v) is 3.89. The van der Waals surface area contributed by atoms with Gasteiger partial charge in [0.2, 0.25) is 23.8 Å². The van der Waals surface area contributed by atoms with E-state index in [1.165, 1.54) is 0 Å². The van der Waals surface area contributed by atoms with Crippen LogP contribution in [0.3, 0.4) is 0 Å². The molecule has 3 rings (SSSR count). The van der Waals surface area contributed by atoms with Crippen molar-refractivity contribution < 1.29 is 4.79 Å². The number of amides is 1. The molecule has 21 heavy (non-hydrogen) atoms. The van der Waals surface area contributed by atoms with Crippen molar-refractivity contribution in [3.63, 3.8) is 0 Å². The van der Waals surface area contributed by atoms with E-state index in [-0.39, 0.29) is 11.9 Å². The summed E-state index contributed by atoms with van der Waals surface area (Å²) in [4.78, 5) is 28.9. The molecule has 4 N–H and O–H groups in total. The second-order valence-electron chi connectivity index (χ2n) is 5.26. The van der Waals surface area contributed by atoms with Gasteiger partial charge in [0, 0.05) is 26.2 Å². The number of carbonyl (C=O) groups excluding carboxylic acids is 1. The lowest BCUT2D eigenvalue weighted by Gasteiger charge is -2.33. The summed E-state index contributed by atoms with van der Waals surface area (Å²) in [6.45, 7) is 4.95. The molecule has 0 spiro atoms. The zero-order valence-corrected chi connectivity index (χ0v) is 12.0. The van der Waals surface area contributed by atoms with Crippen molar-refractivity contribution in [1.29, 1.82) is 0 Å². The van der Waals surface area contributed by atoms with Crippen LogP contribution in [-0.2, 0) is 4.79 Å². The van der Waals surface area contributed by atoms with Gasteiger partial charge in [-0.15, -0.1) is 0 Å². The Morgan fingerprint density at radius 3 is 2.62 bits per heavy atom. The number of anilines is 3. The molecule has 9 heteroatoms. The van der Waals surface area contributed by atoms with E-state index in [1.807, 2.05) is 11.8 Å². The van der Waals surface area contributed by atoms with Crippen LogP contribution in [0.25, 0.3) is 0 Å². The van der Waals surface area contributed by atoms with Crippen molar-refractivity contribution >= 4 is 23.8 Å². The quantitative estimate of drug-likeness (QED) is 0.484. The van der Waals surface area contributed by atoms with Crippen LogP contribution in [0.15, 0.2) is 0 Å². The molecule has 0 radical (unpaired) electrons. The fraction of sp³-hybridized carbons (Fsp3) is 0.667. The topological polar surface area (TPSA) is 112 Å². The van der Waals surface area contributed by atoms with Gasteiger partial charge in [-0.25, -0.2) is 5.84 Å². The molecule has 1 unspecified atom stereocenters. The van der Waals surface area contributed by atoms with Gasteiger partial charge in [0.15, 0.2) is 0 Å². The smallest absolute Gasteiger partial charge is 0.243 e. The van der Waals surface area contributed by atoms with E-state index in [1.54, 1.807) is 0 Å². The largest absolute Gasteiger partial charge is 0.353 e. The van der Waals surface area contributed by atoms with Crippen LogP contribution in [0.2, 0.25) is 0 Å². The highest BCUT2D eigenvalue weighted by molar-refractivity contribution is 5.85. The van der Waals surface area contributed by atoms with Crippen molar-refractivity contribution in [2.24, 2.45) is 5.84 Å². The molecule has 2 saturated heterocycles. The number of nitrogens with two attached hydrogens (primary N) is 1. The standard InChI is InChI=1S/C12H20N8O/c1-8-9(21)14-4-7-20(8)12-16-10(18-13)15-11(17-12)19-5-2-3-6-19/h8H,2-7,13H2,1H3,(H,14,21)(H,15,16,17,18). The Labute approximate surface area is 122 Å². The maximum Gasteiger partial charge on any atom is 0.243 e. The van der Waals surface area contributed by atoms with E-state index < -0.39 is 0 Å². The van der Waals surface area contributed by atoms with Crippen LogP contribution in [0.4, 0.5) is 17.8 Å². The Morgan fingerprint density at radius 1 is 1.19 bits per heavy atom. The first-order valence-corrected chi connectivity index (χ1v) is 7.21. The molecule has 0 aliphatic carbocycles. The van der Waals surface area contributed by atoms with Crippen molar-refractivity contribution in [2.45, 2.75) is 25.8 Å². The number of nitrogen functional groups attached to an aromatic ring is 1. The normalized spacial score (nSPS) is 22.4. The maximum atomic E-state index is 11.8. The molecule has 0 aromatic carbocycles. The molecule has 0 saturated carbocycles. The molecular weight excluding hydrogens is 272 g/mol. The Kier molecular flexibility index (Phi) is 3.74. The highest BCUT2D eigenvalue weighted by Crippen LogP contribution is 2.21. The SMILES string of the molecule is CC1C(=O)NCCN1c1nc(NN)nc(N2CCCC2)n1. The van der Waals surface area contributed by atoms with Crippen LogP contribution < -0.4 is 26.4 Å². The predicted octanol–water partition coefficient (Wildman–Crippen LogP) is -0.918. The number of nitrogens with one attached hydrogen (secondary N) is 2. The summed E-state index contributed by atoms with van der Waals surface area (Å²) in [5.41, 5.74) is 2.48. The number of nitrogens with zero attached hydrogens (tertiary/aromatic N) is 5. The van der Waals surface area contributed by atoms with E-state index >= 15 is 0 Å². The van der Waals surface area contributed by atoms with E-state index in [2.05, 4.69) is 30.6 Å². The van der Waals surface area contributed by atoms with Crippen LogP contribution in [0, 0.1) is 0 Å². The van der Waals surface area contributed by atoms with Gasteiger partial charge in [-0.1, -0.05) is 0 Å². The van der Waals surface area contributed by atoms with Crippen molar-refractivity contribution in [3.05, 3.63) is 0 Å². The summed E-state index contributed by atoms with van der Waals surface area (Å²) < 4.78 is 0. The average molecular weight is 292 g/mol. The van der Waals surface area contributed by atoms with Crippen LogP contribution in [-0.4, -0.2) is 53.1 Å². The van der Waals surface area contributed by atoms with Crippen LogP contribution in [0.1, 0.15) is 19.8 Å². The third kappa shape index (κ3) is 2.68. The minimum atomic E-state index is -0.307. The maximum absolute atomic E-state index is 11.8. The van der Waals surface area contributed by atoms with Crippen molar-refractivity contribution in [2.75, 3.05) is 41.4 Å². The molecule has 2 fully saturated rings. The zero-order valence-electron chi connectivity index (χ0n) is 12.0. The van der Waals surface area contributed by atoms with E-state index in [9.17, 15) is 4.79 Å². The zero-order chi connectivity index (χ0) is 14.8. The van der Waals surface area contributed by atoms with E-state index in [4.69, 9.17) is 5.84 Å². The molecule has 114 valence electrons. The van der Waals surface area contributed by atoms with Crippen molar-refractivity contribution in [3.8, 4) is 0 Å². The predicted molar refractivity (Wildman–Crippen MR) is 78.9 cm³/mol. The average Bonchev–Trinajstić information content (AvgIpc) is 3.04. The van der Waals surface area contributed by atoms with E-state index in [0.717, 1.165) is 25.9 Å². The molecule has 2 aliphatic rings. The number of hydrogen-bond acceptors (Lipinski definition) is 8. The van der Waals surface area contributed by atoms with Gasteiger partial charge in [-0.3, -0.25) is 10.2 Å². The van der Waals surface area contributed by atoms with Gasteiger partial charge >= 0.3 is 0 Å². The Hall–Kier alpha value is -2.16. The number of piperazine rings is 1. The molecule has 9 nitrogen and oxygen atoms in total. The Balaban J connectivity index is 1.93. The Bertz CT molecular complexity index is 530. The second kappa shape index (κ2) is 5.68. The first kappa shape index (κ1) is 13.8. The second-order valence-corrected chi connectivity index (χ2v) is 5.26. The fourth-order valence-corrected chi connectivity index (χ4v) is 2.66. The highest BCUT2D eigenvalue weighted by atomic mass is 16.2. The Morgan fingerprint density at radius 2 is 1.90 bits per heavy atom. The van der Waals surface area contributed by atoms with E-state index in [0.29, 0.717) is 30.9 Å². The fourth-order valence-electron chi connectivity index (χ4n) is 2.66. The first-order chi connectivity index (χ1) is 10.2. The van der Waals surface area contributed by atoms with Gasteiger partial charge in [0.25, 0.3) is 0 Å². The molecule has 1 aromatic rings. The molecule has 2 aliphatic heterocycles. The summed E-state index contributed by atoms with van der Waals surface area (Å²) >= 11 is 0. The van der Waals surface area contributed by atoms with Crippen molar-refractivity contribution in [1.82, 2.24) is 20.3 Å². The lowest BCUT2D eigenvalue weighted by atomic mass is 10.2. The number of aromatic nitrogens is 3. The minimum Gasteiger partial charge on any atom is -0.353 e. The summed E-state index contributed by atoms with van der Waals surface area (Å²) in [6, 6.07) is -0.307. The first-order valence-electron chi connectivity index (χ1n) is 7.21. The number of hydrazine groups is 1. The van der Waals surface area contributed by atoms with Gasteiger partial charge < -0.3 is 15.1 Å². The van der Waals surface area contributed by atoms with Gasteiger partial charge in [-0.05, 0) is 19.8 Å². The van der Waals surface area contributed by atoms with Crippen LogP contribution in [0.5, 0.6) is 0 Å². The van der Waals surface area contributed by atoms with Crippen LogP contribution >= 0.6 is 0 Å². The monoisotopic (exact) mass is 292 g/mol. The molecular formula is C12H20N8O. The number of rotatable bonds is 3. The lowest BCUT2D eigenvalue weighted by molar-refractivity contribution is -0.122. The summed E-state index contributed by atoms with van der Waals surface area (Å²) in [7, 11) is 0. The molecule has 3 heterocycles. The molecule has 1 aromatic heterocycles. The van der Waals surface area contributed by atoms with Gasteiger partial charge in [0.05, 0.1) is 0 Å². The number of carbonyl (C=O) groups is 1. The molecule has 1 atom stereocenters. The minimum absolute atomic E-state index is 0.0216. The number of hydrogen-bond donors (Lipinski definition) is 3. The summed E-state index contributed by atoms with van der Waals surface area (Å²) in [5, 5.41) is 2.83. The lowest BCUT2D eigenvalue weighted by Crippen LogP contribution is -2.54. The summed E-state index contributed by atoms with van der Waals surface area (Å²) in [6.07, 6.45) is 2.27. The van der Waals surface area contributed by atoms with Gasteiger partial charge in [0.1, 0.15) is 6.04 Å². The third-order valence-electron chi connectivity index (χ3n) is 3.89. The highest BCUT2D eigenvalue weighted by Gasteiger charge is 2.29. The molecule has 0 bridgehead atoms.